The van der Waals surface area contributed by atoms with Gasteiger partial charge >= 0.3 is 5.97 Å². The summed E-state index contributed by atoms with van der Waals surface area (Å²) in [7, 11) is 0. The Morgan fingerprint density at radius 2 is 2.03 bits per heavy atom. The van der Waals surface area contributed by atoms with E-state index in [1.165, 1.54) is 17.7 Å². The van der Waals surface area contributed by atoms with E-state index in [9.17, 15) is 14.7 Å². The van der Waals surface area contributed by atoms with Gasteiger partial charge in [0.2, 0.25) is 5.91 Å². The lowest BCUT2D eigenvalue weighted by atomic mass is 10.1. The highest BCUT2D eigenvalue weighted by molar-refractivity contribution is 5.84. The molecule has 0 spiro atoms. The second-order valence-corrected chi connectivity index (χ2v) is 7.82. The highest BCUT2D eigenvalue weighted by Crippen LogP contribution is 2.25. The van der Waals surface area contributed by atoms with Crippen LogP contribution in [0.3, 0.4) is 0 Å². The van der Waals surface area contributed by atoms with Crippen LogP contribution in [0.4, 0.5) is 0 Å². The van der Waals surface area contributed by atoms with E-state index in [1.807, 2.05) is 24.3 Å². The Hall–Kier alpha value is -2.90. The van der Waals surface area contributed by atoms with Crippen molar-refractivity contribution >= 4 is 11.9 Å². The van der Waals surface area contributed by atoms with Crippen LogP contribution in [0.15, 0.2) is 24.3 Å². The van der Waals surface area contributed by atoms with Crippen LogP contribution < -0.4 is 4.74 Å². The zero-order valence-corrected chi connectivity index (χ0v) is 16.6. The summed E-state index contributed by atoms with van der Waals surface area (Å²) in [5.74, 6) is 0.931. The van der Waals surface area contributed by atoms with Crippen LogP contribution in [0.25, 0.3) is 0 Å². The Morgan fingerprint density at radius 3 is 2.79 bits per heavy atom. The van der Waals surface area contributed by atoms with Gasteiger partial charge in [-0.3, -0.25) is 4.79 Å². The minimum atomic E-state index is -1.01. The molecule has 1 aromatic carbocycles. The molecule has 29 heavy (non-hydrogen) atoms. The number of hydrogen-bond acceptors (Lipinski definition) is 5. The molecular weight excluding hydrogens is 372 g/mol. The van der Waals surface area contributed by atoms with Crippen molar-refractivity contribution < 1.29 is 19.4 Å². The summed E-state index contributed by atoms with van der Waals surface area (Å²) in [5, 5.41) is 17.7. The molecule has 4 rings (SSSR count). The maximum absolute atomic E-state index is 12.8. The molecule has 1 aliphatic heterocycles. The number of aryl methyl sites for hydroxylation is 2. The first-order valence-electron chi connectivity index (χ1n) is 10.2. The molecule has 2 heterocycles. The summed E-state index contributed by atoms with van der Waals surface area (Å²) < 4.78 is 7.81. The number of carbonyl (C=O) groups is 2. The van der Waals surface area contributed by atoms with E-state index in [0.29, 0.717) is 18.1 Å². The fourth-order valence-corrected chi connectivity index (χ4v) is 4.15. The molecule has 1 N–H and O–H groups in total. The van der Waals surface area contributed by atoms with Gasteiger partial charge in [0, 0.05) is 6.42 Å². The molecule has 154 valence electrons. The molecule has 1 saturated carbocycles. The number of rotatable bonds is 6. The zero-order chi connectivity index (χ0) is 20.4. The van der Waals surface area contributed by atoms with E-state index in [-0.39, 0.29) is 31.5 Å². The third kappa shape index (κ3) is 4.26. The average molecular weight is 398 g/mol. The van der Waals surface area contributed by atoms with Gasteiger partial charge in [0.15, 0.2) is 5.82 Å². The van der Waals surface area contributed by atoms with Gasteiger partial charge in [-0.25, -0.2) is 4.79 Å². The van der Waals surface area contributed by atoms with Gasteiger partial charge < -0.3 is 19.3 Å². The second-order valence-electron chi connectivity index (χ2n) is 7.82. The largest absolute Gasteiger partial charge is 0.490 e. The number of carboxylic acid groups (broad SMARTS) is 1. The van der Waals surface area contributed by atoms with Crippen molar-refractivity contribution in [1.29, 1.82) is 0 Å². The molecule has 8 heteroatoms. The Balaban J connectivity index is 1.40. The van der Waals surface area contributed by atoms with Crippen molar-refractivity contribution in [3.05, 3.63) is 41.5 Å². The maximum atomic E-state index is 12.8. The van der Waals surface area contributed by atoms with Crippen molar-refractivity contribution in [3.63, 3.8) is 0 Å². The predicted molar refractivity (Wildman–Crippen MR) is 104 cm³/mol. The minimum absolute atomic E-state index is 0.168. The topological polar surface area (TPSA) is 97.5 Å². The smallest absolute Gasteiger partial charge is 0.328 e. The molecule has 8 nitrogen and oxygen atoms in total. The van der Waals surface area contributed by atoms with Gasteiger partial charge in [-0.15, -0.1) is 10.2 Å². The van der Waals surface area contributed by atoms with Crippen LogP contribution in [0, 0.1) is 6.92 Å². The number of aromatic nitrogens is 3. The van der Waals surface area contributed by atoms with Crippen molar-refractivity contribution in [1.82, 2.24) is 19.7 Å². The number of carbonyl (C=O) groups excluding carboxylic acids is 1. The molecule has 0 bridgehead atoms. The normalized spacial score (nSPS) is 19.2. The number of hydrogen-bond donors (Lipinski definition) is 1. The van der Waals surface area contributed by atoms with Gasteiger partial charge in [0.05, 0.1) is 19.2 Å². The quantitative estimate of drug-likeness (QED) is 0.802. The summed E-state index contributed by atoms with van der Waals surface area (Å²) in [6.07, 6.45) is 5.69. The number of nitrogens with zero attached hydrogens (tertiary/aromatic N) is 4. The number of amides is 1. The molecule has 1 atom stereocenters. The standard InChI is InChI=1S/C21H26N4O4/c1-14-22-23-19-13-25(18(21(27)28)12-24(14)19)20(26)10-9-15-5-4-8-17(11-15)29-16-6-2-3-7-16/h4-5,8,11,16,18H,2-3,6-7,9-10,12-13H2,1H3,(H,27,28). The molecule has 1 unspecified atom stereocenters. The van der Waals surface area contributed by atoms with Crippen LogP contribution in [0.2, 0.25) is 0 Å². The van der Waals surface area contributed by atoms with Crippen LogP contribution in [0.5, 0.6) is 5.75 Å². The summed E-state index contributed by atoms with van der Waals surface area (Å²) in [5.41, 5.74) is 1.01. The first kappa shape index (κ1) is 19.4. The van der Waals surface area contributed by atoms with Gasteiger partial charge in [-0.2, -0.15) is 0 Å². The molecule has 2 aromatic rings. The predicted octanol–water partition coefficient (Wildman–Crippen LogP) is 2.34. The maximum Gasteiger partial charge on any atom is 0.328 e. The average Bonchev–Trinajstić information content (AvgIpc) is 3.35. The number of aliphatic carboxylic acids is 1. The van der Waals surface area contributed by atoms with Crippen molar-refractivity contribution in [2.75, 3.05) is 0 Å². The number of fused-ring (bicyclic) bond motifs is 1. The summed E-state index contributed by atoms with van der Waals surface area (Å²) in [6, 6.07) is 6.94. The Kier molecular flexibility index (Phi) is 5.51. The molecule has 1 aliphatic carbocycles. The third-order valence-electron chi connectivity index (χ3n) is 5.79. The van der Waals surface area contributed by atoms with E-state index in [4.69, 9.17) is 4.74 Å². The van der Waals surface area contributed by atoms with Crippen LogP contribution >= 0.6 is 0 Å². The summed E-state index contributed by atoms with van der Waals surface area (Å²) >= 11 is 0. The number of carboxylic acids is 1. The van der Waals surface area contributed by atoms with Gasteiger partial charge in [-0.05, 0) is 56.7 Å². The molecular formula is C21H26N4O4. The van der Waals surface area contributed by atoms with Gasteiger partial charge in [0.25, 0.3) is 0 Å². The Labute approximate surface area is 169 Å². The molecule has 0 saturated heterocycles. The molecule has 1 aromatic heterocycles. The SMILES string of the molecule is Cc1nnc2n1CC(C(=O)O)N(C(=O)CCc1cccc(OC3CCCC3)c1)C2. The lowest BCUT2D eigenvalue weighted by Gasteiger charge is -2.33. The van der Waals surface area contributed by atoms with Crippen molar-refractivity contribution in [2.24, 2.45) is 0 Å². The Bertz CT molecular complexity index is 904. The highest BCUT2D eigenvalue weighted by atomic mass is 16.5. The van der Waals surface area contributed by atoms with E-state index in [1.54, 1.807) is 11.5 Å². The van der Waals surface area contributed by atoms with E-state index >= 15 is 0 Å². The van der Waals surface area contributed by atoms with E-state index in [2.05, 4.69) is 10.2 Å². The monoisotopic (exact) mass is 398 g/mol. The lowest BCUT2D eigenvalue weighted by Crippen LogP contribution is -2.50. The Morgan fingerprint density at radius 1 is 1.24 bits per heavy atom. The fraction of sp³-hybridized carbons (Fsp3) is 0.524. The van der Waals surface area contributed by atoms with E-state index in [0.717, 1.165) is 24.2 Å². The lowest BCUT2D eigenvalue weighted by molar-refractivity contribution is -0.152. The van der Waals surface area contributed by atoms with E-state index < -0.39 is 12.0 Å². The van der Waals surface area contributed by atoms with Crippen molar-refractivity contribution in [3.8, 4) is 5.75 Å². The zero-order valence-electron chi connectivity index (χ0n) is 16.6. The first-order valence-corrected chi connectivity index (χ1v) is 10.2. The van der Waals surface area contributed by atoms with Crippen LogP contribution in [-0.4, -0.2) is 48.8 Å². The number of benzene rings is 1. The summed E-state index contributed by atoms with van der Waals surface area (Å²) in [4.78, 5) is 26.0. The van der Waals surface area contributed by atoms with Crippen LogP contribution in [0.1, 0.15) is 49.3 Å². The van der Waals surface area contributed by atoms with Crippen LogP contribution in [-0.2, 0) is 29.1 Å². The molecule has 2 aliphatic rings. The summed E-state index contributed by atoms with van der Waals surface area (Å²) in [6.45, 7) is 2.13. The second kappa shape index (κ2) is 8.23. The molecule has 0 radical (unpaired) electrons. The number of ether oxygens (including phenoxy) is 1. The minimum Gasteiger partial charge on any atom is -0.490 e. The van der Waals surface area contributed by atoms with Gasteiger partial charge in [-0.1, -0.05) is 12.1 Å². The van der Waals surface area contributed by atoms with Crippen molar-refractivity contribution in [2.45, 2.75) is 70.7 Å². The van der Waals surface area contributed by atoms with Gasteiger partial charge in [0.1, 0.15) is 17.6 Å². The molecule has 1 fully saturated rings. The third-order valence-corrected chi connectivity index (χ3v) is 5.79. The molecule has 1 amide bonds. The highest BCUT2D eigenvalue weighted by Gasteiger charge is 2.36. The fourth-order valence-electron chi connectivity index (χ4n) is 4.15. The first-order chi connectivity index (χ1) is 14.0.